The summed E-state index contributed by atoms with van der Waals surface area (Å²) in [4.78, 5) is 16.8. The molecule has 0 aliphatic carbocycles. The summed E-state index contributed by atoms with van der Waals surface area (Å²) in [6.07, 6.45) is 4.79. The Hall–Kier alpha value is -2.36. The highest BCUT2D eigenvalue weighted by atomic mass is 14.9. The molecule has 16 heavy (non-hydrogen) atoms. The predicted molar refractivity (Wildman–Crippen MR) is 60.6 cm³/mol. The maximum absolute atomic E-state index is 4.27. The molecule has 0 N–H and O–H groups in total. The second-order valence-corrected chi connectivity index (χ2v) is 3.32. The van der Waals surface area contributed by atoms with Crippen molar-refractivity contribution in [1.29, 1.82) is 0 Å². The zero-order valence-corrected chi connectivity index (χ0v) is 8.41. The SMILES string of the molecule is c1ccc(-c2ncnc3nccnc23)cc1. The second kappa shape index (κ2) is 3.66. The van der Waals surface area contributed by atoms with Gasteiger partial charge >= 0.3 is 0 Å². The number of fused-ring (bicyclic) bond motifs is 1. The fourth-order valence-corrected chi connectivity index (χ4v) is 1.60. The lowest BCUT2D eigenvalue weighted by Crippen LogP contribution is -1.92. The van der Waals surface area contributed by atoms with Gasteiger partial charge in [0, 0.05) is 18.0 Å². The van der Waals surface area contributed by atoms with Gasteiger partial charge in [0.2, 0.25) is 0 Å². The number of benzene rings is 1. The van der Waals surface area contributed by atoms with E-state index in [0.29, 0.717) is 5.65 Å². The molecular weight excluding hydrogens is 200 g/mol. The Morgan fingerprint density at radius 1 is 0.750 bits per heavy atom. The van der Waals surface area contributed by atoms with Gasteiger partial charge in [-0.05, 0) is 0 Å². The Labute approximate surface area is 92.0 Å². The summed E-state index contributed by atoms with van der Waals surface area (Å²) in [6.45, 7) is 0. The van der Waals surface area contributed by atoms with Crippen LogP contribution < -0.4 is 0 Å². The minimum atomic E-state index is 0.622. The van der Waals surface area contributed by atoms with E-state index in [2.05, 4.69) is 19.9 Å². The molecule has 0 unspecified atom stereocenters. The zero-order valence-electron chi connectivity index (χ0n) is 8.41. The molecule has 0 fully saturated rings. The van der Waals surface area contributed by atoms with Crippen molar-refractivity contribution in [1.82, 2.24) is 19.9 Å². The van der Waals surface area contributed by atoms with Gasteiger partial charge < -0.3 is 0 Å². The molecule has 3 aromatic rings. The van der Waals surface area contributed by atoms with Gasteiger partial charge in [-0.15, -0.1) is 0 Å². The summed E-state index contributed by atoms with van der Waals surface area (Å²) in [5, 5.41) is 0. The monoisotopic (exact) mass is 208 g/mol. The first kappa shape index (κ1) is 8.91. The number of hydrogen-bond acceptors (Lipinski definition) is 4. The van der Waals surface area contributed by atoms with Crippen molar-refractivity contribution in [3.8, 4) is 11.3 Å². The quantitative estimate of drug-likeness (QED) is 0.614. The third-order valence-corrected chi connectivity index (χ3v) is 2.32. The summed E-state index contributed by atoms with van der Waals surface area (Å²) < 4.78 is 0. The smallest absolute Gasteiger partial charge is 0.181 e. The molecule has 0 radical (unpaired) electrons. The van der Waals surface area contributed by atoms with E-state index in [1.165, 1.54) is 6.33 Å². The Kier molecular flexibility index (Phi) is 2.04. The Bertz CT molecular complexity index is 617. The summed E-state index contributed by atoms with van der Waals surface area (Å²) in [7, 11) is 0. The fourth-order valence-electron chi connectivity index (χ4n) is 1.60. The maximum Gasteiger partial charge on any atom is 0.181 e. The van der Waals surface area contributed by atoms with Crippen molar-refractivity contribution >= 4 is 11.2 Å². The lowest BCUT2D eigenvalue weighted by molar-refractivity contribution is 1.15. The first-order valence-corrected chi connectivity index (χ1v) is 4.92. The highest BCUT2D eigenvalue weighted by Crippen LogP contribution is 2.21. The molecule has 0 amide bonds. The zero-order chi connectivity index (χ0) is 10.8. The molecule has 0 spiro atoms. The van der Waals surface area contributed by atoms with Crippen molar-refractivity contribution < 1.29 is 0 Å². The summed E-state index contributed by atoms with van der Waals surface area (Å²) in [5.74, 6) is 0. The van der Waals surface area contributed by atoms with Crippen LogP contribution >= 0.6 is 0 Å². The Balaban J connectivity index is 2.32. The highest BCUT2D eigenvalue weighted by molar-refractivity contribution is 5.85. The van der Waals surface area contributed by atoms with Crippen LogP contribution in [0.3, 0.4) is 0 Å². The Morgan fingerprint density at radius 3 is 2.44 bits per heavy atom. The van der Waals surface area contributed by atoms with E-state index >= 15 is 0 Å². The van der Waals surface area contributed by atoms with Gasteiger partial charge in [-0.3, -0.25) is 0 Å². The molecule has 0 aliphatic rings. The van der Waals surface area contributed by atoms with Crippen LogP contribution in [0.5, 0.6) is 0 Å². The second-order valence-electron chi connectivity index (χ2n) is 3.32. The lowest BCUT2D eigenvalue weighted by atomic mass is 10.1. The first-order valence-electron chi connectivity index (χ1n) is 4.92. The van der Waals surface area contributed by atoms with Crippen LogP contribution in [0.2, 0.25) is 0 Å². The molecule has 0 bridgehead atoms. The van der Waals surface area contributed by atoms with Gasteiger partial charge in [0.15, 0.2) is 5.65 Å². The standard InChI is InChI=1S/C12H8N4/c1-2-4-9(5-3-1)10-11-12(16-8-15-10)14-7-6-13-11/h1-8H. The van der Waals surface area contributed by atoms with Gasteiger partial charge in [0.1, 0.15) is 17.5 Å². The lowest BCUT2D eigenvalue weighted by Gasteiger charge is -2.02. The normalized spacial score (nSPS) is 10.5. The molecule has 4 heteroatoms. The van der Waals surface area contributed by atoms with Crippen molar-refractivity contribution in [2.24, 2.45) is 0 Å². The molecule has 76 valence electrons. The largest absolute Gasteiger partial charge is 0.249 e. The molecule has 4 nitrogen and oxygen atoms in total. The van der Waals surface area contributed by atoms with Crippen LogP contribution in [0.1, 0.15) is 0 Å². The van der Waals surface area contributed by atoms with Gasteiger partial charge in [-0.1, -0.05) is 30.3 Å². The van der Waals surface area contributed by atoms with Crippen molar-refractivity contribution in [3.63, 3.8) is 0 Å². The topological polar surface area (TPSA) is 51.6 Å². The fraction of sp³-hybridized carbons (Fsp3) is 0. The average Bonchev–Trinajstić information content (AvgIpc) is 2.39. The molecule has 3 rings (SSSR count). The summed E-state index contributed by atoms with van der Waals surface area (Å²) in [5.41, 5.74) is 3.20. The molecule has 0 atom stereocenters. The van der Waals surface area contributed by atoms with Gasteiger partial charge in [0.25, 0.3) is 0 Å². The van der Waals surface area contributed by atoms with E-state index in [1.54, 1.807) is 12.4 Å². The van der Waals surface area contributed by atoms with Crippen LogP contribution in [0.25, 0.3) is 22.4 Å². The summed E-state index contributed by atoms with van der Waals surface area (Å²) >= 11 is 0. The van der Waals surface area contributed by atoms with E-state index in [0.717, 1.165) is 16.8 Å². The van der Waals surface area contributed by atoms with Crippen LogP contribution in [-0.2, 0) is 0 Å². The van der Waals surface area contributed by atoms with Crippen molar-refractivity contribution in [2.45, 2.75) is 0 Å². The number of hydrogen-bond donors (Lipinski definition) is 0. The number of nitrogens with zero attached hydrogens (tertiary/aromatic N) is 4. The molecule has 0 saturated carbocycles. The molecular formula is C12H8N4. The predicted octanol–water partition coefficient (Wildman–Crippen LogP) is 2.09. The van der Waals surface area contributed by atoms with Crippen molar-refractivity contribution in [2.75, 3.05) is 0 Å². The van der Waals surface area contributed by atoms with Gasteiger partial charge in [-0.2, -0.15) is 0 Å². The van der Waals surface area contributed by atoms with Crippen LogP contribution in [-0.4, -0.2) is 19.9 Å². The molecule has 1 aromatic carbocycles. The number of rotatable bonds is 1. The van der Waals surface area contributed by atoms with E-state index in [4.69, 9.17) is 0 Å². The van der Waals surface area contributed by atoms with Gasteiger partial charge in [0.05, 0.1) is 0 Å². The highest BCUT2D eigenvalue weighted by Gasteiger charge is 2.06. The molecule has 0 aliphatic heterocycles. The van der Waals surface area contributed by atoms with E-state index in [9.17, 15) is 0 Å². The van der Waals surface area contributed by atoms with Crippen LogP contribution in [0.15, 0.2) is 49.1 Å². The minimum Gasteiger partial charge on any atom is -0.249 e. The third kappa shape index (κ3) is 1.40. The minimum absolute atomic E-state index is 0.622. The van der Waals surface area contributed by atoms with E-state index in [-0.39, 0.29) is 0 Å². The van der Waals surface area contributed by atoms with E-state index in [1.807, 2.05) is 30.3 Å². The Morgan fingerprint density at radius 2 is 1.56 bits per heavy atom. The average molecular weight is 208 g/mol. The maximum atomic E-state index is 4.27. The molecule has 2 aromatic heterocycles. The molecule has 2 heterocycles. The van der Waals surface area contributed by atoms with Crippen molar-refractivity contribution in [3.05, 3.63) is 49.1 Å². The van der Waals surface area contributed by atoms with E-state index < -0.39 is 0 Å². The first-order chi connectivity index (χ1) is 7.95. The van der Waals surface area contributed by atoms with Crippen LogP contribution in [0, 0.1) is 0 Å². The third-order valence-electron chi connectivity index (χ3n) is 2.32. The summed E-state index contributed by atoms with van der Waals surface area (Å²) in [6, 6.07) is 9.91. The van der Waals surface area contributed by atoms with Gasteiger partial charge in [-0.25, -0.2) is 19.9 Å². The molecule has 0 saturated heterocycles. The van der Waals surface area contributed by atoms with Crippen LogP contribution in [0.4, 0.5) is 0 Å². The number of aromatic nitrogens is 4.